The van der Waals surface area contributed by atoms with Crippen LogP contribution < -0.4 is 0 Å². The molecule has 0 heterocycles. The van der Waals surface area contributed by atoms with E-state index in [1.165, 1.54) is 19.3 Å². The molecule has 1 N–H and O–H groups in total. The van der Waals surface area contributed by atoms with E-state index in [-0.39, 0.29) is 12.5 Å². The van der Waals surface area contributed by atoms with Gasteiger partial charge in [0.2, 0.25) is 0 Å². The number of carbonyl (C=O) groups is 1. The highest BCUT2D eigenvalue weighted by Gasteiger charge is 1.93. The number of ether oxygens (including phenoxy) is 1. The van der Waals surface area contributed by atoms with Gasteiger partial charge >= 0.3 is 5.97 Å². The van der Waals surface area contributed by atoms with E-state index in [0.717, 1.165) is 0 Å². The molecular formula is C10H12O3. The van der Waals surface area contributed by atoms with E-state index in [1.54, 1.807) is 12.2 Å². The van der Waals surface area contributed by atoms with Crippen LogP contribution in [0.25, 0.3) is 0 Å². The number of methoxy groups -OCH3 is 1. The van der Waals surface area contributed by atoms with Crippen molar-refractivity contribution in [3.05, 3.63) is 24.3 Å². The van der Waals surface area contributed by atoms with Gasteiger partial charge in [-0.25, -0.2) is 4.79 Å². The van der Waals surface area contributed by atoms with Gasteiger partial charge in [0.1, 0.15) is 0 Å². The van der Waals surface area contributed by atoms with Crippen molar-refractivity contribution in [2.75, 3.05) is 13.7 Å². The number of hydrogen-bond acceptors (Lipinski definition) is 3. The average Bonchev–Trinajstić information content (AvgIpc) is 2.18. The first-order valence-corrected chi connectivity index (χ1v) is 3.74. The lowest BCUT2D eigenvalue weighted by Crippen LogP contribution is -1.97. The quantitative estimate of drug-likeness (QED) is 0.297. The molecule has 3 heteroatoms. The molecule has 0 amide bonds. The molecule has 3 nitrogen and oxygen atoms in total. The number of rotatable bonds is 4. The third kappa shape index (κ3) is 5.71. The number of carbonyl (C=O) groups excluding carboxylic acids is 1. The molecule has 13 heavy (non-hydrogen) atoms. The molecule has 0 fully saturated rings. The topological polar surface area (TPSA) is 46.5 Å². The van der Waals surface area contributed by atoms with E-state index in [9.17, 15) is 4.79 Å². The van der Waals surface area contributed by atoms with Crippen molar-refractivity contribution in [1.82, 2.24) is 0 Å². The summed E-state index contributed by atoms with van der Waals surface area (Å²) in [5.41, 5.74) is 0. The van der Waals surface area contributed by atoms with Crippen LogP contribution in [0.15, 0.2) is 24.3 Å². The standard InChI is InChI=1S/C10H12O3/c1-3-9(8-11)6-4-5-7-10(12)13-2/h1,4-7,9,11H,8H2,2H3/b6-4+,7-5+. The average molecular weight is 180 g/mol. The molecule has 1 unspecified atom stereocenters. The van der Waals surface area contributed by atoms with Gasteiger partial charge in [0, 0.05) is 6.08 Å². The fourth-order valence-corrected chi connectivity index (χ4v) is 0.570. The van der Waals surface area contributed by atoms with Gasteiger partial charge in [-0.2, -0.15) is 0 Å². The van der Waals surface area contributed by atoms with Gasteiger partial charge in [-0.15, -0.1) is 6.42 Å². The Bertz CT molecular complexity index is 245. The summed E-state index contributed by atoms with van der Waals surface area (Å²) in [7, 11) is 1.30. The number of esters is 1. The van der Waals surface area contributed by atoms with Gasteiger partial charge in [-0.3, -0.25) is 0 Å². The molecule has 0 aliphatic heterocycles. The predicted molar refractivity (Wildman–Crippen MR) is 49.7 cm³/mol. The van der Waals surface area contributed by atoms with Crippen LogP contribution >= 0.6 is 0 Å². The van der Waals surface area contributed by atoms with Crippen molar-refractivity contribution in [2.24, 2.45) is 5.92 Å². The van der Waals surface area contributed by atoms with Crippen LogP contribution in [0.2, 0.25) is 0 Å². The van der Waals surface area contributed by atoms with E-state index in [2.05, 4.69) is 10.7 Å². The molecule has 0 bridgehead atoms. The van der Waals surface area contributed by atoms with E-state index in [0.29, 0.717) is 0 Å². The monoisotopic (exact) mass is 180 g/mol. The maximum atomic E-state index is 10.6. The Morgan fingerprint density at radius 2 is 2.38 bits per heavy atom. The smallest absolute Gasteiger partial charge is 0.330 e. The van der Waals surface area contributed by atoms with Crippen molar-refractivity contribution >= 4 is 5.97 Å². The minimum atomic E-state index is -0.425. The molecule has 0 aromatic heterocycles. The number of terminal acetylenes is 1. The minimum absolute atomic E-state index is 0.0982. The molecule has 0 radical (unpaired) electrons. The molecule has 0 aliphatic carbocycles. The fraction of sp³-hybridized carbons (Fsp3) is 0.300. The Morgan fingerprint density at radius 3 is 2.85 bits per heavy atom. The molecule has 0 aliphatic rings. The maximum Gasteiger partial charge on any atom is 0.330 e. The molecule has 0 rings (SSSR count). The summed E-state index contributed by atoms with van der Waals surface area (Å²) >= 11 is 0. The fourth-order valence-electron chi connectivity index (χ4n) is 0.570. The summed E-state index contributed by atoms with van der Waals surface area (Å²) in [5.74, 6) is 1.64. The van der Waals surface area contributed by atoms with Crippen LogP contribution in [0.4, 0.5) is 0 Å². The summed E-state index contributed by atoms with van der Waals surface area (Å²) in [6.45, 7) is -0.0982. The second-order valence-corrected chi connectivity index (χ2v) is 2.22. The first kappa shape index (κ1) is 11.5. The van der Waals surface area contributed by atoms with Gasteiger partial charge in [-0.05, 0) is 0 Å². The molecule has 0 aromatic carbocycles. The lowest BCUT2D eigenvalue weighted by Gasteiger charge is -1.95. The Hall–Kier alpha value is -1.53. The van der Waals surface area contributed by atoms with Gasteiger partial charge in [0.15, 0.2) is 0 Å². The normalized spacial score (nSPS) is 13.0. The molecule has 1 atom stereocenters. The van der Waals surface area contributed by atoms with Crippen LogP contribution in [0, 0.1) is 18.3 Å². The van der Waals surface area contributed by atoms with Crippen LogP contribution in [0.1, 0.15) is 0 Å². The van der Waals surface area contributed by atoms with Crippen molar-refractivity contribution in [3.63, 3.8) is 0 Å². The van der Waals surface area contributed by atoms with Crippen LogP contribution in [-0.4, -0.2) is 24.8 Å². The highest BCUT2D eigenvalue weighted by Crippen LogP contribution is 1.94. The zero-order valence-electron chi connectivity index (χ0n) is 7.43. The maximum absolute atomic E-state index is 10.6. The van der Waals surface area contributed by atoms with Crippen molar-refractivity contribution in [2.45, 2.75) is 0 Å². The first-order chi connectivity index (χ1) is 6.24. The van der Waals surface area contributed by atoms with Crippen LogP contribution in [-0.2, 0) is 9.53 Å². The van der Waals surface area contributed by atoms with E-state index < -0.39 is 5.97 Å². The van der Waals surface area contributed by atoms with Crippen molar-refractivity contribution in [1.29, 1.82) is 0 Å². The summed E-state index contributed by atoms with van der Waals surface area (Å²) < 4.78 is 4.36. The Labute approximate surface area is 77.7 Å². The second kappa shape index (κ2) is 7.14. The Kier molecular flexibility index (Phi) is 6.30. The zero-order valence-corrected chi connectivity index (χ0v) is 7.43. The zero-order chi connectivity index (χ0) is 10.1. The summed E-state index contributed by atoms with van der Waals surface area (Å²) in [5, 5.41) is 8.67. The van der Waals surface area contributed by atoms with E-state index in [4.69, 9.17) is 11.5 Å². The van der Waals surface area contributed by atoms with E-state index >= 15 is 0 Å². The third-order valence-electron chi connectivity index (χ3n) is 1.30. The third-order valence-corrected chi connectivity index (χ3v) is 1.30. The predicted octanol–water partition coefficient (Wildman–Crippen LogP) is 0.514. The van der Waals surface area contributed by atoms with Crippen LogP contribution in [0.5, 0.6) is 0 Å². The summed E-state index contributed by atoms with van der Waals surface area (Å²) in [6, 6.07) is 0. The van der Waals surface area contributed by atoms with Gasteiger partial charge in [-0.1, -0.05) is 24.1 Å². The molecule has 0 saturated heterocycles. The Morgan fingerprint density at radius 1 is 1.69 bits per heavy atom. The molecule has 0 aromatic rings. The molecule has 70 valence electrons. The number of aliphatic hydroxyl groups excluding tert-OH is 1. The molecule has 0 spiro atoms. The van der Waals surface area contributed by atoms with Gasteiger partial charge in [0.05, 0.1) is 19.6 Å². The number of allylic oxidation sites excluding steroid dienone is 2. The van der Waals surface area contributed by atoms with Gasteiger partial charge in [0.25, 0.3) is 0 Å². The van der Waals surface area contributed by atoms with Crippen molar-refractivity contribution in [3.8, 4) is 12.3 Å². The Balaban J connectivity index is 3.94. The van der Waals surface area contributed by atoms with E-state index in [1.807, 2.05) is 0 Å². The first-order valence-electron chi connectivity index (χ1n) is 3.74. The largest absolute Gasteiger partial charge is 0.466 e. The number of aliphatic hydroxyl groups is 1. The highest BCUT2D eigenvalue weighted by molar-refractivity contribution is 5.82. The molecular weight excluding hydrogens is 168 g/mol. The molecule has 0 saturated carbocycles. The SMILES string of the molecule is C#CC(/C=C/C=C/C(=O)OC)CO. The second-order valence-electron chi connectivity index (χ2n) is 2.22. The minimum Gasteiger partial charge on any atom is -0.466 e. The summed E-state index contributed by atoms with van der Waals surface area (Å²) in [4.78, 5) is 10.6. The summed E-state index contributed by atoms with van der Waals surface area (Å²) in [6.07, 6.45) is 11.1. The number of hydrogen-bond donors (Lipinski definition) is 1. The lowest BCUT2D eigenvalue weighted by molar-refractivity contribution is -0.134. The lowest BCUT2D eigenvalue weighted by atomic mass is 10.1. The van der Waals surface area contributed by atoms with Crippen molar-refractivity contribution < 1.29 is 14.6 Å². The highest BCUT2D eigenvalue weighted by atomic mass is 16.5. The van der Waals surface area contributed by atoms with Crippen LogP contribution in [0.3, 0.4) is 0 Å². The van der Waals surface area contributed by atoms with Gasteiger partial charge < -0.3 is 9.84 Å².